The van der Waals surface area contributed by atoms with Crippen molar-refractivity contribution < 1.29 is 19.1 Å². The lowest BCUT2D eigenvalue weighted by atomic mass is 10.1. The number of benzene rings is 3. The Morgan fingerprint density at radius 1 is 1.09 bits per heavy atom. The first-order chi connectivity index (χ1) is 16.9. The molecule has 0 fully saturated rings. The highest BCUT2D eigenvalue weighted by Crippen LogP contribution is 2.37. The molecular formula is C28H31N3O4. The minimum atomic E-state index is -0.707. The standard InChI is InChI=1S/C28H31N3O4/c1-4-5-15-29-27(33)19(2)30(17-20-9-6-12-22(16-20)35-3)25(32)18-31-24-14-8-11-21-10-7-13-23(26(21)24)28(31)34/h6-14,16,19H,4-5,15,17-18H2,1-3H3,(H,29,33)/t19-/m0/s1. The van der Waals surface area contributed by atoms with E-state index in [0.29, 0.717) is 17.9 Å². The van der Waals surface area contributed by atoms with Crippen molar-refractivity contribution >= 4 is 34.2 Å². The molecule has 1 heterocycles. The molecule has 1 aliphatic rings. The molecule has 0 aromatic heterocycles. The second kappa shape index (κ2) is 10.6. The van der Waals surface area contributed by atoms with Crippen molar-refractivity contribution in [2.45, 2.75) is 39.3 Å². The molecule has 0 saturated carbocycles. The number of ether oxygens (including phenoxy) is 1. The van der Waals surface area contributed by atoms with E-state index in [1.807, 2.05) is 54.6 Å². The second-order valence-corrected chi connectivity index (χ2v) is 8.77. The van der Waals surface area contributed by atoms with Crippen molar-refractivity contribution in [3.05, 3.63) is 71.8 Å². The average molecular weight is 474 g/mol. The van der Waals surface area contributed by atoms with Crippen LogP contribution in [0.4, 0.5) is 5.69 Å². The van der Waals surface area contributed by atoms with E-state index in [2.05, 4.69) is 12.2 Å². The van der Waals surface area contributed by atoms with Gasteiger partial charge in [-0.2, -0.15) is 0 Å². The summed E-state index contributed by atoms with van der Waals surface area (Å²) in [6.45, 7) is 4.41. The molecule has 4 rings (SSSR count). The number of unbranched alkanes of at least 4 members (excludes halogenated alkanes) is 1. The molecule has 0 saturated heterocycles. The maximum atomic E-state index is 13.7. The van der Waals surface area contributed by atoms with E-state index < -0.39 is 6.04 Å². The van der Waals surface area contributed by atoms with E-state index in [9.17, 15) is 14.4 Å². The number of rotatable bonds is 10. The molecule has 3 aromatic carbocycles. The van der Waals surface area contributed by atoms with E-state index in [0.717, 1.165) is 34.9 Å². The van der Waals surface area contributed by atoms with Gasteiger partial charge >= 0.3 is 0 Å². The number of nitrogens with one attached hydrogen (secondary N) is 1. The summed E-state index contributed by atoms with van der Waals surface area (Å²) in [6, 6.07) is 18.0. The van der Waals surface area contributed by atoms with Gasteiger partial charge in [-0.1, -0.05) is 49.7 Å². The molecule has 7 heteroatoms. The van der Waals surface area contributed by atoms with Crippen LogP contribution in [0.25, 0.3) is 10.8 Å². The predicted octanol–water partition coefficient (Wildman–Crippen LogP) is 4.14. The smallest absolute Gasteiger partial charge is 0.259 e. The number of methoxy groups -OCH3 is 1. The van der Waals surface area contributed by atoms with Gasteiger partial charge in [-0.05, 0) is 48.6 Å². The SMILES string of the molecule is CCCCNC(=O)[C@H](C)N(Cc1cccc(OC)c1)C(=O)CN1C(=O)c2cccc3cccc1c23. The number of carbonyl (C=O) groups excluding carboxylic acids is 3. The lowest BCUT2D eigenvalue weighted by molar-refractivity contribution is -0.139. The molecule has 35 heavy (non-hydrogen) atoms. The Morgan fingerprint density at radius 3 is 2.57 bits per heavy atom. The van der Waals surface area contributed by atoms with Crippen LogP contribution in [0.1, 0.15) is 42.6 Å². The van der Waals surface area contributed by atoms with Crippen LogP contribution in [-0.2, 0) is 16.1 Å². The van der Waals surface area contributed by atoms with Gasteiger partial charge in [0.2, 0.25) is 11.8 Å². The molecule has 1 atom stereocenters. The number of amides is 3. The molecule has 182 valence electrons. The highest BCUT2D eigenvalue weighted by Gasteiger charge is 2.34. The summed E-state index contributed by atoms with van der Waals surface area (Å²) in [5, 5.41) is 4.74. The average Bonchev–Trinajstić information content (AvgIpc) is 3.15. The van der Waals surface area contributed by atoms with Crippen LogP contribution in [-0.4, -0.2) is 48.9 Å². The topological polar surface area (TPSA) is 79.0 Å². The molecule has 3 amide bonds. The molecule has 0 aliphatic carbocycles. The Labute approximate surface area is 205 Å². The number of anilines is 1. The summed E-state index contributed by atoms with van der Waals surface area (Å²) in [7, 11) is 1.59. The fourth-order valence-corrected chi connectivity index (χ4v) is 4.45. The van der Waals surface area contributed by atoms with Gasteiger partial charge in [-0.15, -0.1) is 0 Å². The number of nitrogens with zero attached hydrogens (tertiary/aromatic N) is 2. The Balaban J connectivity index is 1.60. The van der Waals surface area contributed by atoms with Crippen molar-refractivity contribution in [1.29, 1.82) is 0 Å². The van der Waals surface area contributed by atoms with Gasteiger partial charge in [0, 0.05) is 24.0 Å². The van der Waals surface area contributed by atoms with Crippen LogP contribution < -0.4 is 15.0 Å². The van der Waals surface area contributed by atoms with Crippen molar-refractivity contribution in [3.63, 3.8) is 0 Å². The zero-order chi connectivity index (χ0) is 24.9. The fraction of sp³-hybridized carbons (Fsp3) is 0.321. The van der Waals surface area contributed by atoms with Crippen LogP contribution in [0.5, 0.6) is 5.75 Å². The van der Waals surface area contributed by atoms with Crippen LogP contribution in [0.3, 0.4) is 0 Å². The highest BCUT2D eigenvalue weighted by atomic mass is 16.5. The molecule has 0 radical (unpaired) electrons. The Morgan fingerprint density at radius 2 is 1.83 bits per heavy atom. The predicted molar refractivity (Wildman–Crippen MR) is 137 cm³/mol. The summed E-state index contributed by atoms with van der Waals surface area (Å²) in [4.78, 5) is 42.8. The van der Waals surface area contributed by atoms with Gasteiger partial charge in [0.05, 0.1) is 12.8 Å². The van der Waals surface area contributed by atoms with Crippen molar-refractivity contribution in [2.24, 2.45) is 0 Å². The zero-order valence-corrected chi connectivity index (χ0v) is 20.4. The van der Waals surface area contributed by atoms with Gasteiger partial charge in [0.15, 0.2) is 0 Å². The summed E-state index contributed by atoms with van der Waals surface area (Å²) >= 11 is 0. The molecule has 7 nitrogen and oxygen atoms in total. The molecular weight excluding hydrogens is 442 g/mol. The fourth-order valence-electron chi connectivity index (χ4n) is 4.45. The molecule has 1 aliphatic heterocycles. The molecule has 0 unspecified atom stereocenters. The van der Waals surface area contributed by atoms with Gasteiger partial charge in [0.1, 0.15) is 18.3 Å². The van der Waals surface area contributed by atoms with E-state index >= 15 is 0 Å². The summed E-state index contributed by atoms with van der Waals surface area (Å²) in [5.74, 6) is -0.0460. The van der Waals surface area contributed by atoms with E-state index in [4.69, 9.17) is 4.74 Å². The number of hydrogen-bond acceptors (Lipinski definition) is 4. The zero-order valence-electron chi connectivity index (χ0n) is 20.4. The third kappa shape index (κ3) is 4.99. The maximum Gasteiger partial charge on any atom is 0.259 e. The van der Waals surface area contributed by atoms with Crippen LogP contribution in [0.2, 0.25) is 0 Å². The highest BCUT2D eigenvalue weighted by molar-refractivity contribution is 6.26. The Kier molecular flexibility index (Phi) is 7.34. The van der Waals surface area contributed by atoms with Gasteiger partial charge in [0.25, 0.3) is 5.91 Å². The van der Waals surface area contributed by atoms with Crippen LogP contribution >= 0.6 is 0 Å². The second-order valence-electron chi connectivity index (χ2n) is 8.77. The van der Waals surface area contributed by atoms with Crippen molar-refractivity contribution in [2.75, 3.05) is 25.1 Å². The number of carbonyl (C=O) groups is 3. The van der Waals surface area contributed by atoms with Crippen molar-refractivity contribution in [3.8, 4) is 5.75 Å². The van der Waals surface area contributed by atoms with Crippen LogP contribution in [0, 0.1) is 0 Å². The van der Waals surface area contributed by atoms with Crippen LogP contribution in [0.15, 0.2) is 60.7 Å². The number of hydrogen-bond donors (Lipinski definition) is 1. The summed E-state index contributed by atoms with van der Waals surface area (Å²) < 4.78 is 5.32. The van der Waals surface area contributed by atoms with E-state index in [1.165, 1.54) is 9.80 Å². The van der Waals surface area contributed by atoms with Crippen molar-refractivity contribution in [1.82, 2.24) is 10.2 Å². The third-order valence-electron chi connectivity index (χ3n) is 6.43. The Bertz CT molecular complexity index is 1250. The first-order valence-electron chi connectivity index (χ1n) is 12.0. The monoisotopic (exact) mass is 473 g/mol. The normalized spacial score (nSPS) is 13.1. The molecule has 0 spiro atoms. The molecule has 3 aromatic rings. The molecule has 0 bridgehead atoms. The lowest BCUT2D eigenvalue weighted by Gasteiger charge is -2.30. The first kappa shape index (κ1) is 24.3. The Hall–Kier alpha value is -3.87. The van der Waals surface area contributed by atoms with Gasteiger partial charge in [-0.3, -0.25) is 19.3 Å². The first-order valence-corrected chi connectivity index (χ1v) is 12.0. The van der Waals surface area contributed by atoms with Gasteiger partial charge in [-0.25, -0.2) is 0 Å². The largest absolute Gasteiger partial charge is 0.497 e. The molecule has 1 N–H and O–H groups in total. The van der Waals surface area contributed by atoms with Gasteiger partial charge < -0.3 is 15.0 Å². The van der Waals surface area contributed by atoms with E-state index in [1.54, 1.807) is 20.1 Å². The van der Waals surface area contributed by atoms with E-state index in [-0.39, 0.29) is 30.8 Å². The maximum absolute atomic E-state index is 13.7. The lowest BCUT2D eigenvalue weighted by Crippen LogP contribution is -2.51. The summed E-state index contributed by atoms with van der Waals surface area (Å²) in [6.07, 6.45) is 1.83. The minimum absolute atomic E-state index is 0.150. The minimum Gasteiger partial charge on any atom is -0.497 e. The summed E-state index contributed by atoms with van der Waals surface area (Å²) in [5.41, 5.74) is 2.15. The third-order valence-corrected chi connectivity index (χ3v) is 6.43. The quantitative estimate of drug-likeness (QED) is 0.449.